The standard InChI is InChI=1S/C22H24N2O3/c1-4-12-10-24-17-8-14(12)19-18(24)9-22(21(19)27-11(2)25)15-7-13(26-3)5-6-16(15)23-20(17)22/h4-7,14,17-19,21H,8-10H2,1-3H3/b12-4-/t14-,17-,18-,19?,21?,22+/m0/s1. The van der Waals surface area contributed by atoms with Crippen molar-refractivity contribution in [3.8, 4) is 5.75 Å². The predicted octanol–water partition coefficient (Wildman–Crippen LogP) is 3.00. The zero-order valence-electron chi connectivity index (χ0n) is 15.9. The Balaban J connectivity index is 1.60. The summed E-state index contributed by atoms with van der Waals surface area (Å²) in [6.45, 7) is 4.72. The number of benzene rings is 1. The van der Waals surface area contributed by atoms with Gasteiger partial charge in [0, 0.05) is 25.4 Å². The molecular weight excluding hydrogens is 340 g/mol. The molecule has 4 saturated heterocycles. The molecule has 0 radical (unpaired) electrons. The number of nitrogens with zero attached hydrogens (tertiary/aromatic N) is 2. The molecule has 1 spiro atoms. The van der Waals surface area contributed by atoms with Gasteiger partial charge in [-0.05, 0) is 49.4 Å². The van der Waals surface area contributed by atoms with E-state index in [1.165, 1.54) is 16.8 Å². The lowest BCUT2D eigenvalue weighted by atomic mass is 9.66. The quantitative estimate of drug-likeness (QED) is 0.598. The monoisotopic (exact) mass is 364 g/mol. The van der Waals surface area contributed by atoms with Crippen LogP contribution >= 0.6 is 0 Å². The molecule has 7 rings (SSSR count). The van der Waals surface area contributed by atoms with Gasteiger partial charge in [-0.25, -0.2) is 0 Å². The minimum atomic E-state index is -0.274. The number of hydrogen-bond acceptors (Lipinski definition) is 5. The van der Waals surface area contributed by atoms with Crippen LogP contribution in [0.2, 0.25) is 0 Å². The molecule has 1 aromatic rings. The first-order valence-electron chi connectivity index (χ1n) is 9.94. The lowest BCUT2D eigenvalue weighted by molar-refractivity contribution is -0.152. The Morgan fingerprint density at radius 1 is 1.41 bits per heavy atom. The average molecular weight is 364 g/mol. The Hall–Kier alpha value is -2.14. The van der Waals surface area contributed by atoms with E-state index in [1.807, 2.05) is 6.07 Å². The van der Waals surface area contributed by atoms with Gasteiger partial charge in [-0.2, -0.15) is 0 Å². The van der Waals surface area contributed by atoms with Crippen LogP contribution in [0.5, 0.6) is 5.75 Å². The highest BCUT2D eigenvalue weighted by molar-refractivity contribution is 6.08. The van der Waals surface area contributed by atoms with Crippen LogP contribution in [-0.4, -0.2) is 48.4 Å². The van der Waals surface area contributed by atoms with Crippen molar-refractivity contribution in [2.75, 3.05) is 13.7 Å². The highest BCUT2D eigenvalue weighted by atomic mass is 16.5. The molecule has 0 N–H and O–H groups in total. The molecule has 27 heavy (non-hydrogen) atoms. The highest BCUT2D eigenvalue weighted by Gasteiger charge is 2.73. The molecule has 1 aromatic carbocycles. The van der Waals surface area contributed by atoms with Crippen molar-refractivity contribution in [1.82, 2.24) is 4.90 Å². The Morgan fingerprint density at radius 2 is 2.26 bits per heavy atom. The van der Waals surface area contributed by atoms with Crippen molar-refractivity contribution < 1.29 is 14.3 Å². The Morgan fingerprint density at radius 3 is 3.00 bits per heavy atom. The van der Waals surface area contributed by atoms with Crippen molar-refractivity contribution in [1.29, 1.82) is 0 Å². The average Bonchev–Trinajstić information content (AvgIpc) is 3.14. The molecule has 0 amide bonds. The smallest absolute Gasteiger partial charge is 0.302 e. The molecular formula is C22H24N2O3. The number of esters is 1. The maximum absolute atomic E-state index is 12.1. The molecule has 5 fully saturated rings. The maximum atomic E-state index is 12.1. The SMILES string of the molecule is C/C=C1/CN2[C@H]3C[C@@H]1C1C(OC(C)=O)[C@@]4(C[C@@H]12)C3=Nc1ccc(OC)cc14. The Labute approximate surface area is 159 Å². The Kier molecular flexibility index (Phi) is 2.95. The molecule has 6 aliphatic rings. The van der Waals surface area contributed by atoms with E-state index in [0.717, 1.165) is 30.8 Å². The molecule has 0 aromatic heterocycles. The van der Waals surface area contributed by atoms with Crippen molar-refractivity contribution in [2.45, 2.75) is 50.3 Å². The summed E-state index contributed by atoms with van der Waals surface area (Å²) in [5, 5.41) is 0. The lowest BCUT2D eigenvalue weighted by Crippen LogP contribution is -2.64. The van der Waals surface area contributed by atoms with Gasteiger partial charge in [0.1, 0.15) is 11.9 Å². The van der Waals surface area contributed by atoms with E-state index in [4.69, 9.17) is 14.5 Å². The summed E-state index contributed by atoms with van der Waals surface area (Å²) < 4.78 is 11.6. The fourth-order valence-corrected chi connectivity index (χ4v) is 6.93. The third-order valence-electron chi connectivity index (χ3n) is 7.78. The van der Waals surface area contributed by atoms with Crippen molar-refractivity contribution in [3.05, 3.63) is 35.4 Å². The van der Waals surface area contributed by atoms with Gasteiger partial charge in [0.05, 0.1) is 30.0 Å². The van der Waals surface area contributed by atoms with Gasteiger partial charge in [-0.3, -0.25) is 14.7 Å². The van der Waals surface area contributed by atoms with Crippen LogP contribution in [-0.2, 0) is 14.9 Å². The van der Waals surface area contributed by atoms with E-state index in [1.54, 1.807) is 14.0 Å². The Bertz CT molecular complexity index is 935. The number of ether oxygens (including phenoxy) is 2. The molecule has 5 aliphatic heterocycles. The number of piperidine rings is 4. The van der Waals surface area contributed by atoms with E-state index in [9.17, 15) is 4.79 Å². The van der Waals surface area contributed by atoms with Gasteiger partial charge in [0.25, 0.3) is 0 Å². The summed E-state index contributed by atoms with van der Waals surface area (Å²) in [7, 11) is 1.70. The third-order valence-corrected chi connectivity index (χ3v) is 7.78. The molecule has 5 nitrogen and oxygen atoms in total. The first-order chi connectivity index (χ1) is 13.1. The van der Waals surface area contributed by atoms with Gasteiger partial charge < -0.3 is 9.47 Å². The topological polar surface area (TPSA) is 51.1 Å². The van der Waals surface area contributed by atoms with Crippen molar-refractivity contribution >= 4 is 17.4 Å². The zero-order chi connectivity index (χ0) is 18.5. The van der Waals surface area contributed by atoms with Gasteiger partial charge >= 0.3 is 5.97 Å². The minimum absolute atomic E-state index is 0.137. The molecule has 5 heteroatoms. The lowest BCUT2D eigenvalue weighted by Gasteiger charge is -2.55. The first kappa shape index (κ1) is 15.9. The van der Waals surface area contributed by atoms with E-state index >= 15 is 0 Å². The van der Waals surface area contributed by atoms with Gasteiger partial charge in [0.2, 0.25) is 0 Å². The number of methoxy groups -OCH3 is 1. The summed E-state index contributed by atoms with van der Waals surface area (Å²) in [5.74, 6) is 1.52. The summed E-state index contributed by atoms with van der Waals surface area (Å²) in [5.41, 5.74) is 4.69. The van der Waals surface area contributed by atoms with Crippen molar-refractivity contribution in [2.24, 2.45) is 16.8 Å². The van der Waals surface area contributed by atoms with Gasteiger partial charge in [-0.15, -0.1) is 0 Å². The minimum Gasteiger partial charge on any atom is -0.497 e. The van der Waals surface area contributed by atoms with Crippen LogP contribution in [0, 0.1) is 11.8 Å². The summed E-state index contributed by atoms with van der Waals surface area (Å²) in [6.07, 6.45) is 4.24. The number of rotatable bonds is 2. The van der Waals surface area contributed by atoms with Crippen LogP contribution in [0.4, 0.5) is 5.69 Å². The summed E-state index contributed by atoms with van der Waals surface area (Å²) in [4.78, 5) is 19.9. The predicted molar refractivity (Wildman–Crippen MR) is 102 cm³/mol. The highest BCUT2D eigenvalue weighted by Crippen LogP contribution is 2.66. The second-order valence-corrected chi connectivity index (χ2v) is 8.62. The van der Waals surface area contributed by atoms with Crippen molar-refractivity contribution in [3.63, 3.8) is 0 Å². The van der Waals surface area contributed by atoms with Crippen LogP contribution in [0.3, 0.4) is 0 Å². The van der Waals surface area contributed by atoms with E-state index in [0.29, 0.717) is 23.9 Å². The first-order valence-corrected chi connectivity index (χ1v) is 9.94. The molecule has 140 valence electrons. The molecule has 1 saturated carbocycles. The van der Waals surface area contributed by atoms with Gasteiger partial charge in [0.15, 0.2) is 0 Å². The third kappa shape index (κ3) is 1.70. The molecule has 1 aliphatic carbocycles. The fraction of sp³-hybridized carbons (Fsp3) is 0.545. The summed E-state index contributed by atoms with van der Waals surface area (Å²) >= 11 is 0. The summed E-state index contributed by atoms with van der Waals surface area (Å²) in [6, 6.07) is 7.01. The molecule has 3 unspecified atom stereocenters. The van der Waals surface area contributed by atoms with Crippen LogP contribution in [0.15, 0.2) is 34.8 Å². The van der Waals surface area contributed by atoms with E-state index in [2.05, 4.69) is 30.0 Å². The largest absolute Gasteiger partial charge is 0.497 e. The second-order valence-electron chi connectivity index (χ2n) is 8.62. The number of fused-ring (bicyclic) bond motifs is 2. The second kappa shape index (κ2) is 5.02. The normalized spacial score (nSPS) is 43.5. The molecule has 5 bridgehead atoms. The van der Waals surface area contributed by atoms with Crippen LogP contribution in [0.1, 0.15) is 32.3 Å². The zero-order valence-corrected chi connectivity index (χ0v) is 15.9. The number of allylic oxidation sites excluding steroid dienone is 1. The number of hydrogen-bond donors (Lipinski definition) is 0. The van der Waals surface area contributed by atoms with E-state index < -0.39 is 0 Å². The molecule has 7 atom stereocenters. The fourth-order valence-electron chi connectivity index (χ4n) is 6.93. The molecule has 5 heterocycles. The van der Waals surface area contributed by atoms with Crippen LogP contribution in [0.25, 0.3) is 0 Å². The maximum Gasteiger partial charge on any atom is 0.302 e. The number of aliphatic imine (C=N–C) groups is 1. The van der Waals surface area contributed by atoms with Gasteiger partial charge in [-0.1, -0.05) is 11.6 Å². The van der Waals surface area contributed by atoms with Crippen LogP contribution < -0.4 is 4.74 Å². The number of carbonyl (C=O) groups is 1. The van der Waals surface area contributed by atoms with E-state index in [-0.39, 0.29) is 17.5 Å². The number of carbonyl (C=O) groups excluding carboxylic acids is 1.